The minimum absolute atomic E-state index is 0.0740. The van der Waals surface area contributed by atoms with Crippen LogP contribution < -0.4 is 16.0 Å². The molecule has 2 aromatic rings. The van der Waals surface area contributed by atoms with Gasteiger partial charge in [-0.05, 0) is 63.1 Å². The van der Waals surface area contributed by atoms with Crippen molar-refractivity contribution in [1.29, 1.82) is 0 Å². The first-order valence-electron chi connectivity index (χ1n) is 12.6. The van der Waals surface area contributed by atoms with E-state index in [0.29, 0.717) is 13.0 Å². The molecule has 2 heterocycles. The summed E-state index contributed by atoms with van der Waals surface area (Å²) in [6, 6.07) is 7.49. The smallest absolute Gasteiger partial charge is 0.412 e. The molecule has 2 atom stereocenters. The van der Waals surface area contributed by atoms with Gasteiger partial charge in [0.15, 0.2) is 11.4 Å². The van der Waals surface area contributed by atoms with Crippen LogP contribution in [0.2, 0.25) is 5.02 Å². The lowest BCUT2D eigenvalue weighted by molar-refractivity contribution is -0.143. The van der Waals surface area contributed by atoms with Gasteiger partial charge in [0, 0.05) is 31.3 Å². The molecular formula is C27H30ClFN4O7. The van der Waals surface area contributed by atoms with Gasteiger partial charge in [-0.2, -0.15) is 0 Å². The molecule has 13 heteroatoms. The molecule has 1 fully saturated rings. The number of carbonyl (C=O) groups is 4. The summed E-state index contributed by atoms with van der Waals surface area (Å²) < 4.78 is 26.4. The van der Waals surface area contributed by atoms with Gasteiger partial charge in [0.05, 0.1) is 28.4 Å². The number of amides is 4. The molecular weight excluding hydrogens is 547 g/mol. The number of anilines is 2. The van der Waals surface area contributed by atoms with E-state index in [1.54, 1.807) is 13.8 Å². The Morgan fingerprint density at radius 2 is 1.95 bits per heavy atom. The van der Waals surface area contributed by atoms with Crippen molar-refractivity contribution >= 4 is 47.0 Å². The van der Waals surface area contributed by atoms with Crippen LogP contribution in [0.1, 0.15) is 49.0 Å². The maximum atomic E-state index is 15.3. The fourth-order valence-electron chi connectivity index (χ4n) is 5.03. The molecule has 4 rings (SSSR count). The van der Waals surface area contributed by atoms with Gasteiger partial charge in [0.25, 0.3) is 5.91 Å². The Morgan fingerprint density at radius 3 is 2.60 bits per heavy atom. The van der Waals surface area contributed by atoms with Crippen molar-refractivity contribution in [2.45, 2.75) is 50.4 Å². The average Bonchev–Trinajstić information content (AvgIpc) is 2.89. The standard InChI is InChI=1S/C27H30ClFN4O7/c1-26(2,39-3)13-19(31-22(34)15-5-7-16(8-6-15)30-24(36)37)23(35)33-12-4-11-27(14-33)20-18(32-25(38)40-27)10-9-17(28)21(20)29/h5-10,19,30H,4,11-14H2,1-3H3,(H,31,34)(H,32,38)(H,36,37). The molecule has 0 saturated carbocycles. The highest BCUT2D eigenvalue weighted by Gasteiger charge is 2.49. The van der Waals surface area contributed by atoms with Crippen molar-refractivity contribution in [2.24, 2.45) is 0 Å². The SMILES string of the molecule is COC(C)(C)CC(NC(=O)c1ccc(NC(=O)O)cc1)C(=O)N1CCCC2(C1)OC(=O)Nc1ccc(Cl)c(F)c12. The van der Waals surface area contributed by atoms with Gasteiger partial charge in [-0.25, -0.2) is 14.0 Å². The average molecular weight is 577 g/mol. The lowest BCUT2D eigenvalue weighted by Crippen LogP contribution is -2.58. The van der Waals surface area contributed by atoms with Crippen LogP contribution in [-0.4, -0.2) is 65.8 Å². The number of rotatable bonds is 7. The molecule has 2 unspecified atom stereocenters. The summed E-state index contributed by atoms with van der Waals surface area (Å²) in [5.74, 6) is -1.75. The molecule has 214 valence electrons. The Balaban J connectivity index is 1.61. The monoisotopic (exact) mass is 576 g/mol. The first-order chi connectivity index (χ1) is 18.8. The van der Waals surface area contributed by atoms with Crippen molar-refractivity contribution in [2.75, 3.05) is 30.8 Å². The normalized spacial score (nSPS) is 19.2. The van der Waals surface area contributed by atoms with Crippen LogP contribution in [0.4, 0.5) is 25.4 Å². The number of carboxylic acid groups (broad SMARTS) is 1. The lowest BCUT2D eigenvalue weighted by Gasteiger charge is -2.46. The third-order valence-electron chi connectivity index (χ3n) is 7.09. The molecule has 2 aliphatic rings. The van der Waals surface area contributed by atoms with Gasteiger partial charge in [-0.15, -0.1) is 0 Å². The number of piperidine rings is 1. The van der Waals surface area contributed by atoms with E-state index in [4.69, 9.17) is 26.2 Å². The number of nitrogens with one attached hydrogen (secondary N) is 3. The summed E-state index contributed by atoms with van der Waals surface area (Å²) in [7, 11) is 1.49. The Hall–Kier alpha value is -3.90. The van der Waals surface area contributed by atoms with Crippen LogP contribution >= 0.6 is 11.6 Å². The minimum Gasteiger partial charge on any atom is -0.465 e. The van der Waals surface area contributed by atoms with Gasteiger partial charge in [-0.1, -0.05) is 11.6 Å². The van der Waals surface area contributed by atoms with E-state index in [2.05, 4.69) is 16.0 Å². The number of ether oxygens (including phenoxy) is 2. The molecule has 2 aromatic carbocycles. The molecule has 11 nitrogen and oxygen atoms in total. The summed E-state index contributed by atoms with van der Waals surface area (Å²) in [6.45, 7) is 3.69. The number of hydrogen-bond donors (Lipinski definition) is 4. The van der Waals surface area contributed by atoms with Crippen LogP contribution in [0.5, 0.6) is 0 Å². The predicted octanol–water partition coefficient (Wildman–Crippen LogP) is 4.56. The third kappa shape index (κ3) is 6.13. The molecule has 4 amide bonds. The predicted molar refractivity (Wildman–Crippen MR) is 144 cm³/mol. The van der Waals surface area contributed by atoms with Crippen molar-refractivity contribution in [3.05, 3.63) is 58.4 Å². The highest BCUT2D eigenvalue weighted by Crippen LogP contribution is 2.45. The second-order valence-electron chi connectivity index (χ2n) is 10.4. The zero-order chi connectivity index (χ0) is 29.2. The van der Waals surface area contributed by atoms with E-state index < -0.39 is 47.1 Å². The van der Waals surface area contributed by atoms with E-state index in [-0.39, 0.29) is 46.9 Å². The quantitative estimate of drug-likeness (QED) is 0.378. The molecule has 0 bridgehead atoms. The number of carbonyl (C=O) groups excluding carboxylic acids is 3. The van der Waals surface area contributed by atoms with Crippen molar-refractivity contribution < 1.29 is 38.1 Å². The molecule has 0 radical (unpaired) electrons. The molecule has 1 spiro atoms. The summed E-state index contributed by atoms with van der Waals surface area (Å²) >= 11 is 6.05. The van der Waals surface area contributed by atoms with Crippen molar-refractivity contribution in [3.63, 3.8) is 0 Å². The Morgan fingerprint density at radius 1 is 1.25 bits per heavy atom. The zero-order valence-electron chi connectivity index (χ0n) is 22.2. The summed E-state index contributed by atoms with van der Waals surface area (Å²) in [5, 5.41) is 16.2. The van der Waals surface area contributed by atoms with Crippen LogP contribution in [0.3, 0.4) is 0 Å². The van der Waals surface area contributed by atoms with Crippen molar-refractivity contribution in [3.8, 4) is 0 Å². The van der Waals surface area contributed by atoms with Crippen molar-refractivity contribution in [1.82, 2.24) is 10.2 Å². The largest absolute Gasteiger partial charge is 0.465 e. The van der Waals surface area contributed by atoms with Crippen LogP contribution in [0.25, 0.3) is 0 Å². The fraction of sp³-hybridized carbons (Fsp3) is 0.407. The van der Waals surface area contributed by atoms with Gasteiger partial charge >= 0.3 is 12.2 Å². The number of likely N-dealkylation sites (tertiary alicyclic amines) is 1. The highest BCUT2D eigenvalue weighted by molar-refractivity contribution is 6.31. The molecule has 2 aliphatic heterocycles. The Kier molecular flexibility index (Phi) is 8.22. The van der Waals surface area contributed by atoms with Crippen LogP contribution in [-0.2, 0) is 19.9 Å². The summed E-state index contributed by atoms with van der Waals surface area (Å²) in [5.41, 5.74) is -1.48. The number of hydrogen-bond acceptors (Lipinski definition) is 6. The van der Waals surface area contributed by atoms with Gasteiger partial charge < -0.3 is 24.8 Å². The first-order valence-corrected chi connectivity index (χ1v) is 13.0. The van der Waals surface area contributed by atoms with Crippen LogP contribution in [0, 0.1) is 5.82 Å². The number of nitrogens with zero attached hydrogens (tertiary/aromatic N) is 1. The maximum Gasteiger partial charge on any atom is 0.412 e. The number of benzene rings is 2. The third-order valence-corrected chi connectivity index (χ3v) is 7.38. The molecule has 0 aliphatic carbocycles. The number of halogens is 2. The summed E-state index contributed by atoms with van der Waals surface area (Å²) in [4.78, 5) is 51.8. The minimum atomic E-state index is -1.46. The Bertz CT molecular complexity index is 1340. The van der Waals surface area contributed by atoms with E-state index in [1.165, 1.54) is 48.4 Å². The van der Waals surface area contributed by atoms with Gasteiger partial charge in [0.2, 0.25) is 5.91 Å². The maximum absolute atomic E-state index is 15.3. The van der Waals surface area contributed by atoms with E-state index in [9.17, 15) is 19.2 Å². The van der Waals surface area contributed by atoms with E-state index in [1.807, 2.05) is 0 Å². The first kappa shape index (κ1) is 29.1. The van der Waals surface area contributed by atoms with Gasteiger partial charge in [0.1, 0.15) is 6.04 Å². The second kappa shape index (κ2) is 11.3. The lowest BCUT2D eigenvalue weighted by atomic mass is 9.82. The van der Waals surface area contributed by atoms with E-state index >= 15 is 4.39 Å². The molecule has 40 heavy (non-hydrogen) atoms. The number of methoxy groups -OCH3 is 1. The molecule has 4 N–H and O–H groups in total. The van der Waals surface area contributed by atoms with Gasteiger partial charge in [-0.3, -0.25) is 20.2 Å². The summed E-state index contributed by atoms with van der Waals surface area (Å²) in [6.07, 6.45) is -1.24. The second-order valence-corrected chi connectivity index (χ2v) is 10.8. The highest BCUT2D eigenvalue weighted by atomic mass is 35.5. The van der Waals surface area contributed by atoms with E-state index in [0.717, 1.165) is 0 Å². The molecule has 0 aromatic heterocycles. The van der Waals surface area contributed by atoms with Crippen LogP contribution in [0.15, 0.2) is 36.4 Å². The topological polar surface area (TPSA) is 146 Å². The number of fused-ring (bicyclic) bond motifs is 2. The fourth-order valence-corrected chi connectivity index (χ4v) is 5.18. The molecule has 1 saturated heterocycles. The zero-order valence-corrected chi connectivity index (χ0v) is 22.9. The Labute approximate surface area is 234 Å².